The standard InChI is InChI=1S/C20H28O5/c1-11-6-5-7-12(2)15-8-9-20(4,25-15)18(22)17-16(14(21)10-11)13(3)19(23)24-17/h6,12,15,17-18,22H,5,7-10H2,1-4H3/b11-6+/t12-,15+,17-,18+,20?/m0/s1. The summed E-state index contributed by atoms with van der Waals surface area (Å²) in [5, 5.41) is 11.0. The molecule has 0 amide bonds. The number of rotatable bonds is 0. The van der Waals surface area contributed by atoms with E-state index in [2.05, 4.69) is 13.0 Å². The first-order valence-electron chi connectivity index (χ1n) is 9.19. The summed E-state index contributed by atoms with van der Waals surface area (Å²) in [4.78, 5) is 24.9. The largest absolute Gasteiger partial charge is 0.451 e. The number of carbonyl (C=O) groups is 2. The molecule has 0 aromatic rings. The maximum atomic E-state index is 12.8. The summed E-state index contributed by atoms with van der Waals surface area (Å²) in [5.74, 6) is -0.295. The van der Waals surface area contributed by atoms with E-state index >= 15 is 0 Å². The van der Waals surface area contributed by atoms with E-state index in [9.17, 15) is 14.7 Å². The van der Waals surface area contributed by atoms with Crippen molar-refractivity contribution in [1.82, 2.24) is 0 Å². The van der Waals surface area contributed by atoms with Crippen molar-refractivity contribution in [3.63, 3.8) is 0 Å². The summed E-state index contributed by atoms with van der Waals surface area (Å²) in [7, 11) is 0. The van der Waals surface area contributed by atoms with Gasteiger partial charge in [0, 0.05) is 17.6 Å². The van der Waals surface area contributed by atoms with Gasteiger partial charge in [0.25, 0.3) is 0 Å². The molecule has 3 aliphatic rings. The molecule has 0 aliphatic carbocycles. The van der Waals surface area contributed by atoms with Gasteiger partial charge in [0.1, 0.15) is 6.10 Å². The number of aliphatic hydroxyl groups is 1. The van der Waals surface area contributed by atoms with Crippen molar-refractivity contribution >= 4 is 11.8 Å². The van der Waals surface area contributed by atoms with Crippen LogP contribution in [-0.2, 0) is 19.1 Å². The van der Waals surface area contributed by atoms with Crippen molar-refractivity contribution in [3.8, 4) is 0 Å². The second-order valence-electron chi connectivity index (χ2n) is 8.02. The van der Waals surface area contributed by atoms with Crippen LogP contribution in [0.5, 0.6) is 0 Å². The summed E-state index contributed by atoms with van der Waals surface area (Å²) >= 11 is 0. The minimum atomic E-state index is -1.05. The van der Waals surface area contributed by atoms with Crippen molar-refractivity contribution in [2.75, 3.05) is 0 Å². The molecular formula is C20H28O5. The monoisotopic (exact) mass is 348 g/mol. The number of Topliss-reactive ketones (excluding diaryl/α,β-unsaturated/α-hetero) is 1. The summed E-state index contributed by atoms with van der Waals surface area (Å²) in [6.07, 6.45) is 3.88. The Morgan fingerprint density at radius 3 is 2.68 bits per heavy atom. The van der Waals surface area contributed by atoms with E-state index in [4.69, 9.17) is 9.47 Å². The van der Waals surface area contributed by atoms with E-state index in [1.54, 1.807) is 6.92 Å². The number of esters is 1. The average molecular weight is 348 g/mol. The van der Waals surface area contributed by atoms with Gasteiger partial charge in [0.15, 0.2) is 11.9 Å². The second kappa shape index (κ2) is 6.69. The fourth-order valence-corrected chi connectivity index (χ4v) is 4.21. The number of hydrogen-bond acceptors (Lipinski definition) is 5. The van der Waals surface area contributed by atoms with Crippen LogP contribution in [0.1, 0.15) is 59.8 Å². The van der Waals surface area contributed by atoms with Crippen LogP contribution in [0.15, 0.2) is 22.8 Å². The van der Waals surface area contributed by atoms with Crippen LogP contribution in [0.3, 0.4) is 0 Å². The molecule has 3 aliphatic heterocycles. The maximum absolute atomic E-state index is 12.8. The molecule has 0 aromatic heterocycles. The van der Waals surface area contributed by atoms with E-state index in [0.717, 1.165) is 24.8 Å². The fraction of sp³-hybridized carbons (Fsp3) is 0.700. The smallest absolute Gasteiger partial charge is 0.334 e. The molecule has 3 rings (SSSR count). The summed E-state index contributed by atoms with van der Waals surface area (Å²) in [5.41, 5.74) is 0.798. The van der Waals surface area contributed by atoms with Gasteiger partial charge in [0.2, 0.25) is 0 Å². The number of carbonyl (C=O) groups excluding carboxylic acids is 2. The second-order valence-corrected chi connectivity index (χ2v) is 8.02. The normalized spacial score (nSPS) is 42.0. The molecular weight excluding hydrogens is 320 g/mol. The third kappa shape index (κ3) is 3.32. The zero-order chi connectivity index (χ0) is 18.4. The summed E-state index contributed by atoms with van der Waals surface area (Å²) in [6.45, 7) is 7.56. The predicted molar refractivity (Wildman–Crippen MR) is 92.9 cm³/mol. The number of fused-ring (bicyclic) bond motifs is 3. The Kier molecular flexibility index (Phi) is 4.91. The van der Waals surface area contributed by atoms with E-state index in [-0.39, 0.29) is 18.3 Å². The SMILES string of the molecule is CC1=C2C(=O)C/C(C)=C/CC[C@H](C)[C@H]3CCC(C)(O3)[C@H](O)[C@H]2OC1=O. The van der Waals surface area contributed by atoms with E-state index in [1.807, 2.05) is 13.8 Å². The predicted octanol–water partition coefficient (Wildman–Crippen LogP) is 2.86. The number of allylic oxidation sites excluding steroid dienone is 2. The molecule has 2 bridgehead atoms. The van der Waals surface area contributed by atoms with Gasteiger partial charge in [-0.15, -0.1) is 0 Å². The first kappa shape index (κ1) is 18.3. The van der Waals surface area contributed by atoms with Crippen molar-refractivity contribution in [2.45, 2.75) is 83.7 Å². The van der Waals surface area contributed by atoms with Gasteiger partial charge in [-0.2, -0.15) is 0 Å². The average Bonchev–Trinajstić information content (AvgIpc) is 3.08. The van der Waals surface area contributed by atoms with Crippen molar-refractivity contribution < 1.29 is 24.2 Å². The zero-order valence-corrected chi connectivity index (χ0v) is 15.5. The highest BCUT2D eigenvalue weighted by Crippen LogP contribution is 2.41. The highest BCUT2D eigenvalue weighted by molar-refractivity contribution is 6.07. The quantitative estimate of drug-likeness (QED) is 0.538. The first-order chi connectivity index (χ1) is 11.7. The molecule has 25 heavy (non-hydrogen) atoms. The minimum absolute atomic E-state index is 0.0791. The zero-order valence-electron chi connectivity index (χ0n) is 15.5. The molecule has 5 atom stereocenters. The molecule has 0 aromatic carbocycles. The number of ether oxygens (including phenoxy) is 2. The van der Waals surface area contributed by atoms with Gasteiger partial charge >= 0.3 is 5.97 Å². The van der Waals surface area contributed by atoms with Crippen LogP contribution < -0.4 is 0 Å². The Hall–Kier alpha value is -1.46. The molecule has 1 N–H and O–H groups in total. The fourth-order valence-electron chi connectivity index (χ4n) is 4.21. The molecule has 1 saturated heterocycles. The van der Waals surface area contributed by atoms with Gasteiger partial charge < -0.3 is 14.6 Å². The molecule has 138 valence electrons. The Balaban J connectivity index is 1.99. The number of ketones is 1. The van der Waals surface area contributed by atoms with E-state index in [0.29, 0.717) is 23.5 Å². The van der Waals surface area contributed by atoms with Crippen LogP contribution in [0.2, 0.25) is 0 Å². The topological polar surface area (TPSA) is 72.8 Å². The molecule has 5 heteroatoms. The Bertz CT molecular complexity index is 646. The Morgan fingerprint density at radius 1 is 1.24 bits per heavy atom. The summed E-state index contributed by atoms with van der Waals surface area (Å²) in [6, 6.07) is 0. The molecule has 0 radical (unpaired) electrons. The number of hydrogen-bond donors (Lipinski definition) is 1. The molecule has 0 saturated carbocycles. The lowest BCUT2D eigenvalue weighted by atomic mass is 9.85. The molecule has 0 spiro atoms. The van der Waals surface area contributed by atoms with Crippen LogP contribution >= 0.6 is 0 Å². The first-order valence-corrected chi connectivity index (χ1v) is 9.19. The van der Waals surface area contributed by atoms with Gasteiger partial charge in [0.05, 0.1) is 11.7 Å². The van der Waals surface area contributed by atoms with Crippen molar-refractivity contribution in [3.05, 3.63) is 22.8 Å². The lowest BCUT2D eigenvalue weighted by molar-refractivity contribution is -0.165. The van der Waals surface area contributed by atoms with Gasteiger partial charge in [-0.25, -0.2) is 4.79 Å². The van der Waals surface area contributed by atoms with E-state index in [1.165, 1.54) is 0 Å². The van der Waals surface area contributed by atoms with Crippen LogP contribution in [-0.4, -0.2) is 40.8 Å². The molecule has 1 fully saturated rings. The van der Waals surface area contributed by atoms with Crippen molar-refractivity contribution in [2.24, 2.45) is 5.92 Å². The van der Waals surface area contributed by atoms with Crippen molar-refractivity contribution in [1.29, 1.82) is 0 Å². The van der Waals surface area contributed by atoms with Gasteiger partial charge in [-0.05, 0) is 52.4 Å². The lowest BCUT2D eigenvalue weighted by Gasteiger charge is -2.34. The Morgan fingerprint density at radius 2 is 1.96 bits per heavy atom. The molecule has 1 unspecified atom stereocenters. The van der Waals surface area contributed by atoms with E-state index < -0.39 is 23.8 Å². The van der Waals surface area contributed by atoms with Crippen LogP contribution in [0.4, 0.5) is 0 Å². The van der Waals surface area contributed by atoms with Gasteiger partial charge in [-0.3, -0.25) is 4.79 Å². The molecule has 5 nitrogen and oxygen atoms in total. The third-order valence-corrected chi connectivity index (χ3v) is 5.98. The lowest BCUT2D eigenvalue weighted by Crippen LogP contribution is -2.49. The van der Waals surface area contributed by atoms with Gasteiger partial charge in [-0.1, -0.05) is 18.6 Å². The third-order valence-electron chi connectivity index (χ3n) is 5.98. The molecule has 3 heterocycles. The summed E-state index contributed by atoms with van der Waals surface area (Å²) < 4.78 is 11.6. The highest BCUT2D eigenvalue weighted by atomic mass is 16.6. The minimum Gasteiger partial charge on any atom is -0.451 e. The maximum Gasteiger partial charge on any atom is 0.334 e. The highest BCUT2D eigenvalue weighted by Gasteiger charge is 2.51. The van der Waals surface area contributed by atoms with Crippen LogP contribution in [0.25, 0.3) is 0 Å². The number of aliphatic hydroxyl groups excluding tert-OH is 1. The van der Waals surface area contributed by atoms with Crippen LogP contribution in [0, 0.1) is 5.92 Å². The Labute approximate surface area is 149 Å².